The number of carbonyl (C=O) groups is 1. The molecule has 4 heteroatoms. The van der Waals surface area contributed by atoms with Crippen LogP contribution in [0.15, 0.2) is 42.5 Å². The molecule has 0 radical (unpaired) electrons. The number of nitrogens with one attached hydrogen (secondary N) is 1. The van der Waals surface area contributed by atoms with Gasteiger partial charge in [0.15, 0.2) is 0 Å². The highest BCUT2D eigenvalue weighted by Crippen LogP contribution is 2.23. The Kier molecular flexibility index (Phi) is 4.69. The maximum atomic E-state index is 12.1. The lowest BCUT2D eigenvalue weighted by Crippen LogP contribution is -2.11. The van der Waals surface area contributed by atoms with Crippen molar-refractivity contribution in [2.24, 2.45) is 0 Å². The molecule has 0 aromatic heterocycles. The van der Waals surface area contributed by atoms with Crippen molar-refractivity contribution in [3.8, 4) is 0 Å². The molecular weight excluding hydrogens is 293 g/mol. The summed E-state index contributed by atoms with van der Waals surface area (Å²) in [6, 6.07) is 12.6. The predicted molar refractivity (Wildman–Crippen MR) is 84.9 cm³/mol. The van der Waals surface area contributed by atoms with Gasteiger partial charge in [-0.15, -0.1) is 0 Å². The first kappa shape index (κ1) is 14.9. The van der Waals surface area contributed by atoms with Gasteiger partial charge < -0.3 is 5.32 Å². The van der Waals surface area contributed by atoms with Crippen LogP contribution in [0.3, 0.4) is 0 Å². The average molecular weight is 308 g/mol. The van der Waals surface area contributed by atoms with Crippen molar-refractivity contribution in [1.82, 2.24) is 0 Å². The van der Waals surface area contributed by atoms with E-state index in [1.807, 2.05) is 24.3 Å². The molecule has 0 bridgehead atoms. The smallest absolute Gasteiger partial charge is 0.255 e. The van der Waals surface area contributed by atoms with Gasteiger partial charge in [0.05, 0.1) is 10.0 Å². The molecule has 2 aromatic carbocycles. The summed E-state index contributed by atoms with van der Waals surface area (Å²) in [5.41, 5.74) is 2.47. The van der Waals surface area contributed by atoms with Gasteiger partial charge in [-0.05, 0) is 41.8 Å². The van der Waals surface area contributed by atoms with E-state index in [-0.39, 0.29) is 5.91 Å². The van der Waals surface area contributed by atoms with Gasteiger partial charge >= 0.3 is 0 Å². The maximum absolute atomic E-state index is 12.1. The molecule has 0 unspecified atom stereocenters. The molecule has 2 aromatic rings. The van der Waals surface area contributed by atoms with E-state index in [4.69, 9.17) is 23.2 Å². The standard InChI is InChI=1S/C16H15Cl2NO/c1-10(2)11-3-6-13(7-4-11)19-16(20)12-5-8-14(17)15(18)9-12/h3-10H,1-2H3,(H,19,20). The molecule has 0 aliphatic rings. The first-order valence-corrected chi connectivity index (χ1v) is 7.09. The zero-order valence-corrected chi connectivity index (χ0v) is 12.8. The highest BCUT2D eigenvalue weighted by Gasteiger charge is 2.08. The number of benzene rings is 2. The van der Waals surface area contributed by atoms with Crippen molar-refractivity contribution in [2.75, 3.05) is 5.32 Å². The van der Waals surface area contributed by atoms with Gasteiger partial charge in [-0.2, -0.15) is 0 Å². The Morgan fingerprint density at radius 3 is 2.20 bits per heavy atom. The van der Waals surface area contributed by atoms with Crippen LogP contribution in [0.5, 0.6) is 0 Å². The third-order valence-electron chi connectivity index (χ3n) is 3.02. The predicted octanol–water partition coefficient (Wildman–Crippen LogP) is 5.37. The Bertz CT molecular complexity index is 621. The van der Waals surface area contributed by atoms with Crippen LogP contribution in [0.25, 0.3) is 0 Å². The van der Waals surface area contributed by atoms with Crippen LogP contribution < -0.4 is 5.32 Å². The van der Waals surface area contributed by atoms with E-state index in [1.54, 1.807) is 18.2 Å². The molecule has 104 valence electrons. The fourth-order valence-corrected chi connectivity index (χ4v) is 2.09. The fourth-order valence-electron chi connectivity index (χ4n) is 1.79. The first-order valence-electron chi connectivity index (χ1n) is 6.33. The highest BCUT2D eigenvalue weighted by atomic mass is 35.5. The molecule has 0 atom stereocenters. The average Bonchev–Trinajstić information content (AvgIpc) is 2.42. The Hall–Kier alpha value is -1.51. The second-order valence-corrected chi connectivity index (χ2v) is 5.67. The van der Waals surface area contributed by atoms with E-state index in [0.717, 1.165) is 5.69 Å². The van der Waals surface area contributed by atoms with Crippen LogP contribution in [-0.2, 0) is 0 Å². The third kappa shape index (κ3) is 3.53. The van der Waals surface area contributed by atoms with Gasteiger partial charge in [-0.25, -0.2) is 0 Å². The summed E-state index contributed by atoms with van der Waals surface area (Å²) < 4.78 is 0. The van der Waals surface area contributed by atoms with Gasteiger partial charge in [0.2, 0.25) is 0 Å². The normalized spacial score (nSPS) is 10.7. The maximum Gasteiger partial charge on any atom is 0.255 e. The van der Waals surface area contributed by atoms with E-state index in [1.165, 1.54) is 5.56 Å². The Morgan fingerprint density at radius 1 is 1.00 bits per heavy atom. The summed E-state index contributed by atoms with van der Waals surface area (Å²) in [4.78, 5) is 12.1. The van der Waals surface area contributed by atoms with Crippen LogP contribution in [0.1, 0.15) is 35.7 Å². The number of amides is 1. The number of hydrogen-bond acceptors (Lipinski definition) is 1. The van der Waals surface area contributed by atoms with Gasteiger partial charge in [-0.1, -0.05) is 49.2 Å². The summed E-state index contributed by atoms with van der Waals surface area (Å²) in [6.07, 6.45) is 0. The fraction of sp³-hybridized carbons (Fsp3) is 0.188. The summed E-state index contributed by atoms with van der Waals surface area (Å²) in [6.45, 7) is 4.26. The second kappa shape index (κ2) is 6.29. The van der Waals surface area contributed by atoms with Crippen molar-refractivity contribution in [1.29, 1.82) is 0 Å². The minimum absolute atomic E-state index is 0.208. The lowest BCUT2D eigenvalue weighted by Gasteiger charge is -2.09. The number of rotatable bonds is 3. The molecule has 0 spiro atoms. The van der Waals surface area contributed by atoms with E-state index in [2.05, 4.69) is 19.2 Å². The second-order valence-electron chi connectivity index (χ2n) is 4.86. The minimum Gasteiger partial charge on any atom is -0.322 e. The van der Waals surface area contributed by atoms with Crippen LogP contribution >= 0.6 is 23.2 Å². The molecule has 0 aliphatic heterocycles. The lowest BCUT2D eigenvalue weighted by atomic mass is 10.0. The van der Waals surface area contributed by atoms with Crippen molar-refractivity contribution in [2.45, 2.75) is 19.8 Å². The Balaban J connectivity index is 2.12. The monoisotopic (exact) mass is 307 g/mol. The molecule has 0 aliphatic carbocycles. The molecule has 0 fully saturated rings. The van der Waals surface area contributed by atoms with Gasteiger partial charge in [-0.3, -0.25) is 4.79 Å². The minimum atomic E-state index is -0.208. The summed E-state index contributed by atoms with van der Waals surface area (Å²) in [5.74, 6) is 0.260. The topological polar surface area (TPSA) is 29.1 Å². The summed E-state index contributed by atoms with van der Waals surface area (Å²) >= 11 is 11.7. The van der Waals surface area contributed by atoms with E-state index in [0.29, 0.717) is 21.5 Å². The quantitative estimate of drug-likeness (QED) is 0.811. The van der Waals surface area contributed by atoms with Crippen LogP contribution in [-0.4, -0.2) is 5.91 Å². The number of hydrogen-bond donors (Lipinski definition) is 1. The van der Waals surface area contributed by atoms with E-state index in [9.17, 15) is 4.79 Å². The van der Waals surface area contributed by atoms with Gasteiger partial charge in [0, 0.05) is 11.3 Å². The number of carbonyl (C=O) groups excluding carboxylic acids is 1. The zero-order chi connectivity index (χ0) is 14.7. The molecule has 20 heavy (non-hydrogen) atoms. The molecular formula is C16H15Cl2NO. The van der Waals surface area contributed by atoms with Crippen molar-refractivity contribution in [3.05, 3.63) is 63.6 Å². The van der Waals surface area contributed by atoms with E-state index >= 15 is 0 Å². The molecule has 2 rings (SSSR count). The summed E-state index contributed by atoms with van der Waals surface area (Å²) in [5, 5.41) is 3.63. The third-order valence-corrected chi connectivity index (χ3v) is 3.76. The molecule has 2 nitrogen and oxygen atoms in total. The molecule has 0 saturated carbocycles. The summed E-state index contributed by atoms with van der Waals surface area (Å²) in [7, 11) is 0. The van der Waals surface area contributed by atoms with Gasteiger partial charge in [0.25, 0.3) is 5.91 Å². The van der Waals surface area contributed by atoms with Crippen molar-refractivity contribution in [3.63, 3.8) is 0 Å². The van der Waals surface area contributed by atoms with Crippen LogP contribution in [0.4, 0.5) is 5.69 Å². The van der Waals surface area contributed by atoms with Crippen molar-refractivity contribution >= 4 is 34.8 Å². The lowest BCUT2D eigenvalue weighted by molar-refractivity contribution is 0.102. The Morgan fingerprint density at radius 2 is 1.65 bits per heavy atom. The molecule has 0 heterocycles. The molecule has 1 amide bonds. The van der Waals surface area contributed by atoms with Crippen LogP contribution in [0, 0.1) is 0 Å². The van der Waals surface area contributed by atoms with Crippen molar-refractivity contribution < 1.29 is 4.79 Å². The number of halogens is 2. The molecule has 1 N–H and O–H groups in total. The SMILES string of the molecule is CC(C)c1ccc(NC(=O)c2ccc(Cl)c(Cl)c2)cc1. The van der Waals surface area contributed by atoms with Crippen LogP contribution in [0.2, 0.25) is 10.0 Å². The first-order chi connectivity index (χ1) is 9.47. The largest absolute Gasteiger partial charge is 0.322 e. The zero-order valence-electron chi connectivity index (χ0n) is 11.3. The Labute approximate surface area is 128 Å². The molecule has 0 saturated heterocycles. The van der Waals surface area contributed by atoms with E-state index < -0.39 is 0 Å². The highest BCUT2D eigenvalue weighted by molar-refractivity contribution is 6.42. The number of anilines is 1. The van der Waals surface area contributed by atoms with Gasteiger partial charge in [0.1, 0.15) is 0 Å².